The Morgan fingerprint density at radius 3 is 2.30 bits per heavy atom. The molecule has 4 nitrogen and oxygen atoms in total. The topological polar surface area (TPSA) is 49.4 Å². The number of carbonyl (C=O) groups excluding carboxylic acids is 2. The number of nitrogens with one attached hydrogen (secondary N) is 1. The minimum Gasteiger partial charge on any atom is -0.353 e. The van der Waals surface area contributed by atoms with Crippen LogP contribution in [0.25, 0.3) is 0 Å². The van der Waals surface area contributed by atoms with Crippen LogP contribution in [0.1, 0.15) is 43.0 Å². The van der Waals surface area contributed by atoms with Crippen molar-refractivity contribution in [3.63, 3.8) is 0 Å². The van der Waals surface area contributed by atoms with Crippen LogP contribution in [-0.2, 0) is 4.79 Å². The lowest BCUT2D eigenvalue weighted by Gasteiger charge is -2.32. The Balaban J connectivity index is 1.50. The fourth-order valence-electron chi connectivity index (χ4n) is 3.18. The van der Waals surface area contributed by atoms with E-state index in [0.29, 0.717) is 29.6 Å². The number of piperidine rings is 1. The lowest BCUT2D eigenvalue weighted by Crippen LogP contribution is -2.45. The van der Waals surface area contributed by atoms with E-state index in [1.165, 1.54) is 12.8 Å². The number of hydrogen-bond acceptors (Lipinski definition) is 2. The highest BCUT2D eigenvalue weighted by molar-refractivity contribution is 6.30. The van der Waals surface area contributed by atoms with Crippen molar-refractivity contribution >= 4 is 23.4 Å². The number of carbonyl (C=O) groups is 2. The van der Waals surface area contributed by atoms with E-state index in [1.54, 1.807) is 24.3 Å². The number of benzene rings is 1. The minimum absolute atomic E-state index is 0.0203. The maximum Gasteiger partial charge on any atom is 0.253 e. The first-order valence-corrected chi connectivity index (χ1v) is 8.77. The molecular formula is C18H23ClN2O2. The van der Waals surface area contributed by atoms with Crippen LogP contribution in [-0.4, -0.2) is 35.8 Å². The van der Waals surface area contributed by atoms with E-state index in [9.17, 15) is 9.59 Å². The van der Waals surface area contributed by atoms with Crippen molar-refractivity contribution in [3.05, 3.63) is 34.9 Å². The van der Waals surface area contributed by atoms with Gasteiger partial charge in [-0.15, -0.1) is 0 Å². The van der Waals surface area contributed by atoms with Crippen LogP contribution in [0, 0.1) is 11.8 Å². The number of amides is 2. The quantitative estimate of drug-likeness (QED) is 0.919. The molecule has 1 aromatic carbocycles. The summed E-state index contributed by atoms with van der Waals surface area (Å²) in [7, 11) is 0. The van der Waals surface area contributed by atoms with Crippen molar-refractivity contribution in [2.24, 2.45) is 11.8 Å². The van der Waals surface area contributed by atoms with Gasteiger partial charge >= 0.3 is 0 Å². The molecule has 3 rings (SSSR count). The van der Waals surface area contributed by atoms with Crippen LogP contribution >= 0.6 is 11.6 Å². The first-order chi connectivity index (χ1) is 11.0. The Morgan fingerprint density at radius 2 is 1.74 bits per heavy atom. The molecule has 1 aromatic rings. The average molecular weight is 335 g/mol. The van der Waals surface area contributed by atoms with Crippen LogP contribution in [0.2, 0.25) is 5.02 Å². The molecule has 0 radical (unpaired) electrons. The zero-order chi connectivity index (χ0) is 16.4. The highest BCUT2D eigenvalue weighted by atomic mass is 35.5. The Hall–Kier alpha value is -1.55. The van der Waals surface area contributed by atoms with Crippen molar-refractivity contribution in [2.45, 2.75) is 38.6 Å². The van der Waals surface area contributed by atoms with E-state index in [1.807, 2.05) is 4.90 Å². The fourth-order valence-corrected chi connectivity index (χ4v) is 3.30. The van der Waals surface area contributed by atoms with E-state index in [-0.39, 0.29) is 23.8 Å². The van der Waals surface area contributed by atoms with Crippen molar-refractivity contribution < 1.29 is 9.59 Å². The van der Waals surface area contributed by atoms with Crippen molar-refractivity contribution in [1.29, 1.82) is 0 Å². The molecule has 5 heteroatoms. The summed E-state index contributed by atoms with van der Waals surface area (Å²) in [5.74, 6) is 0.880. The first-order valence-electron chi connectivity index (χ1n) is 8.40. The second kappa shape index (κ2) is 6.91. The smallest absolute Gasteiger partial charge is 0.253 e. The molecule has 2 aliphatic rings. The summed E-state index contributed by atoms with van der Waals surface area (Å²) in [6.45, 7) is 3.36. The third kappa shape index (κ3) is 4.05. The molecular weight excluding hydrogens is 312 g/mol. The maximum absolute atomic E-state index is 12.4. The molecule has 0 spiro atoms. The molecule has 0 unspecified atom stereocenters. The van der Waals surface area contributed by atoms with Crippen LogP contribution in [0.3, 0.4) is 0 Å². The summed E-state index contributed by atoms with van der Waals surface area (Å²) >= 11 is 5.85. The molecule has 23 heavy (non-hydrogen) atoms. The van der Waals surface area contributed by atoms with Gasteiger partial charge in [0, 0.05) is 35.6 Å². The van der Waals surface area contributed by atoms with Crippen LogP contribution in [0.15, 0.2) is 24.3 Å². The van der Waals surface area contributed by atoms with E-state index in [2.05, 4.69) is 12.2 Å². The Morgan fingerprint density at radius 1 is 1.13 bits per heavy atom. The van der Waals surface area contributed by atoms with Gasteiger partial charge in [0.05, 0.1) is 0 Å². The average Bonchev–Trinajstić information content (AvgIpc) is 3.40. The van der Waals surface area contributed by atoms with Gasteiger partial charge in [-0.05, 0) is 62.8 Å². The Labute approximate surface area is 142 Å². The molecule has 2 amide bonds. The molecule has 0 bridgehead atoms. The predicted molar refractivity (Wildman–Crippen MR) is 90.4 cm³/mol. The third-order valence-electron chi connectivity index (χ3n) is 4.94. The predicted octanol–water partition coefficient (Wildman–Crippen LogP) is 3.11. The summed E-state index contributed by atoms with van der Waals surface area (Å²) in [6.07, 6.45) is 3.94. The zero-order valence-corrected chi connectivity index (χ0v) is 14.2. The number of hydrogen-bond donors (Lipinski definition) is 1. The monoisotopic (exact) mass is 334 g/mol. The molecule has 1 atom stereocenters. The number of likely N-dealkylation sites (tertiary alicyclic amines) is 1. The van der Waals surface area contributed by atoms with Gasteiger partial charge < -0.3 is 10.2 Å². The lowest BCUT2D eigenvalue weighted by molar-refractivity contribution is -0.127. The highest BCUT2D eigenvalue weighted by Gasteiger charge is 2.32. The molecule has 124 valence electrons. The molecule has 1 N–H and O–H groups in total. The molecule has 0 aromatic heterocycles. The van der Waals surface area contributed by atoms with Gasteiger partial charge in [0.1, 0.15) is 0 Å². The van der Waals surface area contributed by atoms with Gasteiger partial charge in [0.15, 0.2) is 0 Å². The summed E-state index contributed by atoms with van der Waals surface area (Å²) in [5, 5.41) is 3.76. The third-order valence-corrected chi connectivity index (χ3v) is 5.20. The van der Waals surface area contributed by atoms with Gasteiger partial charge in [0.2, 0.25) is 5.91 Å². The first kappa shape index (κ1) is 16.3. The summed E-state index contributed by atoms with van der Waals surface area (Å²) in [5.41, 5.74) is 0.652. The maximum atomic E-state index is 12.4. The molecule has 1 aliphatic carbocycles. The van der Waals surface area contributed by atoms with Crippen LogP contribution < -0.4 is 5.32 Å². The van der Waals surface area contributed by atoms with Crippen molar-refractivity contribution in [3.8, 4) is 0 Å². The van der Waals surface area contributed by atoms with Crippen molar-refractivity contribution in [2.75, 3.05) is 13.1 Å². The Kier molecular flexibility index (Phi) is 4.90. The standard InChI is InChI=1S/C18H23ClN2O2/c1-12(13-2-3-13)20-17(22)14-8-10-21(11-9-14)18(23)15-4-6-16(19)7-5-15/h4-7,12-14H,2-3,8-11H2,1H3,(H,20,22)/t12-/m0/s1. The summed E-state index contributed by atoms with van der Waals surface area (Å²) < 4.78 is 0. The van der Waals surface area contributed by atoms with E-state index in [4.69, 9.17) is 11.6 Å². The van der Waals surface area contributed by atoms with Gasteiger partial charge in [-0.2, -0.15) is 0 Å². The van der Waals surface area contributed by atoms with Gasteiger partial charge in [0.25, 0.3) is 5.91 Å². The minimum atomic E-state index is 0.0203. The second-order valence-corrected chi connectivity index (χ2v) is 7.14. The molecule has 1 saturated carbocycles. The SMILES string of the molecule is C[C@H](NC(=O)C1CCN(C(=O)c2ccc(Cl)cc2)CC1)C1CC1. The molecule has 2 fully saturated rings. The molecule has 1 saturated heterocycles. The summed E-state index contributed by atoms with van der Waals surface area (Å²) in [4.78, 5) is 26.6. The summed E-state index contributed by atoms with van der Waals surface area (Å²) in [6, 6.07) is 7.25. The largest absolute Gasteiger partial charge is 0.353 e. The second-order valence-electron chi connectivity index (χ2n) is 6.71. The zero-order valence-electron chi connectivity index (χ0n) is 13.4. The van der Waals surface area contributed by atoms with E-state index < -0.39 is 0 Å². The van der Waals surface area contributed by atoms with E-state index >= 15 is 0 Å². The molecule has 1 heterocycles. The lowest BCUT2D eigenvalue weighted by atomic mass is 9.95. The highest BCUT2D eigenvalue weighted by Crippen LogP contribution is 2.32. The number of nitrogens with zero attached hydrogens (tertiary/aromatic N) is 1. The van der Waals surface area contributed by atoms with Crippen LogP contribution in [0.4, 0.5) is 0 Å². The van der Waals surface area contributed by atoms with Crippen LogP contribution in [0.5, 0.6) is 0 Å². The van der Waals surface area contributed by atoms with Gasteiger partial charge in [-0.1, -0.05) is 11.6 Å². The van der Waals surface area contributed by atoms with Gasteiger partial charge in [-0.3, -0.25) is 9.59 Å². The van der Waals surface area contributed by atoms with Crippen molar-refractivity contribution in [1.82, 2.24) is 10.2 Å². The number of rotatable bonds is 4. The Bertz CT molecular complexity index is 575. The normalized spacial score (nSPS) is 20.2. The number of halogens is 1. The van der Waals surface area contributed by atoms with E-state index in [0.717, 1.165) is 12.8 Å². The fraction of sp³-hybridized carbons (Fsp3) is 0.556. The molecule has 1 aliphatic heterocycles. The van der Waals surface area contributed by atoms with Gasteiger partial charge in [-0.25, -0.2) is 0 Å².